The highest BCUT2D eigenvalue weighted by Gasteiger charge is 2.08. The molecule has 2 aromatic rings. The largest absolute Gasteiger partial charge is 0.454 e. The fourth-order valence-electron chi connectivity index (χ4n) is 1.74. The zero-order valence-corrected chi connectivity index (χ0v) is 10.8. The van der Waals surface area contributed by atoms with E-state index in [4.69, 9.17) is 4.74 Å². The molecule has 2 nitrogen and oxygen atoms in total. The minimum Gasteiger partial charge on any atom is -0.454 e. The zero-order chi connectivity index (χ0) is 13.8. The molecule has 0 bridgehead atoms. The molecular weight excluding hydrogens is 248 g/mol. The third-order valence-corrected chi connectivity index (χ3v) is 2.75. The van der Waals surface area contributed by atoms with Crippen LogP contribution in [0.25, 0.3) is 0 Å². The zero-order valence-electron chi connectivity index (χ0n) is 10.8. The Hall–Kier alpha value is -1.94. The number of ether oxygens (including phenoxy) is 1. The minimum absolute atomic E-state index is 0.0195. The summed E-state index contributed by atoms with van der Waals surface area (Å²) in [5, 5.41) is 3.03. The summed E-state index contributed by atoms with van der Waals surface area (Å²) in [7, 11) is 1.85. The van der Waals surface area contributed by atoms with Crippen molar-refractivity contribution >= 4 is 0 Å². The van der Waals surface area contributed by atoms with E-state index in [2.05, 4.69) is 5.32 Å². The molecule has 0 aliphatic carbocycles. The Morgan fingerprint density at radius 2 is 1.84 bits per heavy atom. The van der Waals surface area contributed by atoms with Gasteiger partial charge in [0, 0.05) is 12.6 Å². The van der Waals surface area contributed by atoms with Crippen LogP contribution in [0, 0.1) is 18.6 Å². The fraction of sp³-hybridized carbons (Fsp3) is 0.200. The molecule has 0 amide bonds. The Balaban J connectivity index is 2.29. The van der Waals surface area contributed by atoms with Crippen LogP contribution in [0.1, 0.15) is 11.1 Å². The molecule has 0 saturated carbocycles. The van der Waals surface area contributed by atoms with Crippen molar-refractivity contribution < 1.29 is 13.5 Å². The van der Waals surface area contributed by atoms with Gasteiger partial charge in [-0.25, -0.2) is 8.78 Å². The normalized spacial score (nSPS) is 10.5. The number of aryl methyl sites for hydroxylation is 1. The van der Waals surface area contributed by atoms with Gasteiger partial charge in [-0.15, -0.1) is 0 Å². The van der Waals surface area contributed by atoms with Crippen molar-refractivity contribution in [3.63, 3.8) is 0 Å². The van der Waals surface area contributed by atoms with Crippen molar-refractivity contribution in [2.24, 2.45) is 0 Å². The van der Waals surface area contributed by atoms with E-state index < -0.39 is 11.6 Å². The number of rotatable bonds is 4. The topological polar surface area (TPSA) is 21.3 Å². The highest BCUT2D eigenvalue weighted by atomic mass is 19.1. The third kappa shape index (κ3) is 3.29. The van der Waals surface area contributed by atoms with Gasteiger partial charge in [-0.3, -0.25) is 0 Å². The standard InChI is InChI=1S/C15H15F2NO/c1-10-3-4-11(9-18-2)7-15(10)19-14-6-5-12(16)8-13(14)17/h3-8,18H,9H2,1-2H3. The van der Waals surface area contributed by atoms with E-state index in [0.717, 1.165) is 17.2 Å². The van der Waals surface area contributed by atoms with Gasteiger partial charge >= 0.3 is 0 Å². The first-order chi connectivity index (χ1) is 9.10. The van der Waals surface area contributed by atoms with Crippen LogP contribution in [0.4, 0.5) is 8.78 Å². The summed E-state index contributed by atoms with van der Waals surface area (Å²) in [6.07, 6.45) is 0. The second kappa shape index (κ2) is 5.80. The Morgan fingerprint density at radius 3 is 2.53 bits per heavy atom. The lowest BCUT2D eigenvalue weighted by atomic mass is 10.1. The predicted molar refractivity (Wildman–Crippen MR) is 70.4 cm³/mol. The lowest BCUT2D eigenvalue weighted by Crippen LogP contribution is -2.05. The van der Waals surface area contributed by atoms with Gasteiger partial charge in [0.25, 0.3) is 0 Å². The molecule has 100 valence electrons. The number of benzene rings is 2. The van der Waals surface area contributed by atoms with Crippen molar-refractivity contribution in [3.05, 3.63) is 59.2 Å². The molecule has 0 aliphatic heterocycles. The molecule has 1 N–H and O–H groups in total. The number of hydrogen-bond acceptors (Lipinski definition) is 2. The Labute approximate surface area is 111 Å². The van der Waals surface area contributed by atoms with Crippen molar-refractivity contribution in [2.45, 2.75) is 13.5 Å². The molecule has 0 spiro atoms. The molecule has 0 aliphatic rings. The maximum absolute atomic E-state index is 13.5. The van der Waals surface area contributed by atoms with Crippen LogP contribution in [0.3, 0.4) is 0 Å². The number of halogens is 2. The van der Waals surface area contributed by atoms with Crippen LogP contribution >= 0.6 is 0 Å². The van der Waals surface area contributed by atoms with Gasteiger partial charge in [0.2, 0.25) is 0 Å². The number of nitrogens with one attached hydrogen (secondary N) is 1. The van der Waals surface area contributed by atoms with Gasteiger partial charge in [0.1, 0.15) is 11.6 Å². The van der Waals surface area contributed by atoms with Crippen molar-refractivity contribution in [1.29, 1.82) is 0 Å². The van der Waals surface area contributed by atoms with Gasteiger partial charge in [-0.2, -0.15) is 0 Å². The average molecular weight is 263 g/mol. The summed E-state index contributed by atoms with van der Waals surface area (Å²) in [6, 6.07) is 8.99. The quantitative estimate of drug-likeness (QED) is 0.906. The van der Waals surface area contributed by atoms with Crippen LogP contribution in [0.2, 0.25) is 0 Å². The lowest BCUT2D eigenvalue weighted by Gasteiger charge is -2.11. The molecule has 2 aromatic carbocycles. The van der Waals surface area contributed by atoms with E-state index >= 15 is 0 Å². The van der Waals surface area contributed by atoms with Crippen molar-refractivity contribution in [3.8, 4) is 11.5 Å². The fourth-order valence-corrected chi connectivity index (χ4v) is 1.74. The van der Waals surface area contributed by atoms with Crippen molar-refractivity contribution in [2.75, 3.05) is 7.05 Å². The molecule has 0 radical (unpaired) electrons. The third-order valence-electron chi connectivity index (χ3n) is 2.75. The smallest absolute Gasteiger partial charge is 0.168 e. The van der Waals surface area contributed by atoms with Crippen LogP contribution in [-0.4, -0.2) is 7.05 Å². The summed E-state index contributed by atoms with van der Waals surface area (Å²) in [4.78, 5) is 0. The predicted octanol–water partition coefficient (Wildman–Crippen LogP) is 3.78. The number of hydrogen-bond donors (Lipinski definition) is 1. The molecule has 0 fully saturated rings. The van der Waals surface area contributed by atoms with E-state index in [9.17, 15) is 8.78 Å². The summed E-state index contributed by atoms with van der Waals surface area (Å²) in [5.74, 6) is -0.742. The Morgan fingerprint density at radius 1 is 1.05 bits per heavy atom. The molecule has 2 rings (SSSR count). The minimum atomic E-state index is -0.710. The average Bonchev–Trinajstić information content (AvgIpc) is 2.37. The second-order valence-electron chi connectivity index (χ2n) is 4.31. The SMILES string of the molecule is CNCc1ccc(C)c(Oc2ccc(F)cc2F)c1. The maximum atomic E-state index is 13.5. The summed E-state index contributed by atoms with van der Waals surface area (Å²) >= 11 is 0. The molecular formula is C15H15F2NO. The second-order valence-corrected chi connectivity index (χ2v) is 4.31. The molecule has 4 heteroatoms. The maximum Gasteiger partial charge on any atom is 0.168 e. The Bertz CT molecular complexity index is 584. The first kappa shape index (κ1) is 13.5. The molecule has 0 heterocycles. The van der Waals surface area contributed by atoms with Gasteiger partial charge in [0.05, 0.1) is 0 Å². The first-order valence-corrected chi connectivity index (χ1v) is 5.97. The van der Waals surface area contributed by atoms with Crippen LogP contribution in [-0.2, 0) is 6.54 Å². The van der Waals surface area contributed by atoms with Gasteiger partial charge in [0.15, 0.2) is 11.6 Å². The molecule has 0 unspecified atom stereocenters. The summed E-state index contributed by atoms with van der Waals surface area (Å²) in [5.41, 5.74) is 1.93. The lowest BCUT2D eigenvalue weighted by molar-refractivity contribution is 0.434. The van der Waals surface area contributed by atoms with Gasteiger partial charge in [-0.05, 0) is 43.3 Å². The van der Waals surface area contributed by atoms with Crippen molar-refractivity contribution in [1.82, 2.24) is 5.32 Å². The highest BCUT2D eigenvalue weighted by molar-refractivity contribution is 5.40. The van der Waals surface area contributed by atoms with E-state index in [1.807, 2.05) is 32.2 Å². The van der Waals surface area contributed by atoms with Gasteiger partial charge < -0.3 is 10.1 Å². The molecule has 0 atom stereocenters. The van der Waals surface area contributed by atoms with Crippen LogP contribution in [0.5, 0.6) is 11.5 Å². The summed E-state index contributed by atoms with van der Waals surface area (Å²) in [6.45, 7) is 2.57. The molecule has 19 heavy (non-hydrogen) atoms. The first-order valence-electron chi connectivity index (χ1n) is 5.97. The molecule has 0 aromatic heterocycles. The highest BCUT2D eigenvalue weighted by Crippen LogP contribution is 2.28. The van der Waals surface area contributed by atoms with Gasteiger partial charge in [-0.1, -0.05) is 12.1 Å². The van der Waals surface area contributed by atoms with E-state index in [-0.39, 0.29) is 5.75 Å². The van der Waals surface area contributed by atoms with E-state index in [1.54, 1.807) is 0 Å². The van der Waals surface area contributed by atoms with Crippen LogP contribution in [0.15, 0.2) is 36.4 Å². The monoisotopic (exact) mass is 263 g/mol. The molecule has 0 saturated heterocycles. The van der Waals surface area contributed by atoms with E-state index in [1.165, 1.54) is 12.1 Å². The summed E-state index contributed by atoms with van der Waals surface area (Å²) < 4.78 is 31.9. The van der Waals surface area contributed by atoms with E-state index in [0.29, 0.717) is 12.3 Å². The van der Waals surface area contributed by atoms with Crippen LogP contribution < -0.4 is 10.1 Å². The Kier molecular flexibility index (Phi) is 4.12.